The molecule has 0 saturated carbocycles. The zero-order valence-corrected chi connectivity index (χ0v) is 11.6. The normalized spacial score (nSPS) is 23.9. The molecule has 16 heavy (non-hydrogen) atoms. The molecule has 0 aromatic heterocycles. The number of hydrogen-bond acceptors (Lipinski definition) is 3. The van der Waals surface area contributed by atoms with Crippen LogP contribution >= 0.6 is 12.2 Å². The van der Waals surface area contributed by atoms with E-state index in [1.165, 1.54) is 26.1 Å². The Labute approximate surface area is 105 Å². The second kappa shape index (κ2) is 6.52. The van der Waals surface area contributed by atoms with E-state index >= 15 is 0 Å². The van der Waals surface area contributed by atoms with Crippen molar-refractivity contribution in [2.75, 3.05) is 33.7 Å². The number of rotatable bonds is 6. The van der Waals surface area contributed by atoms with Crippen LogP contribution in [0.2, 0.25) is 0 Å². The molecule has 0 spiro atoms. The molecule has 1 aliphatic heterocycles. The van der Waals surface area contributed by atoms with Crippen LogP contribution in [0, 0.1) is 5.92 Å². The molecule has 2 atom stereocenters. The molecular formula is C12H25N3S. The van der Waals surface area contributed by atoms with Crippen molar-refractivity contribution in [1.82, 2.24) is 9.80 Å². The fraction of sp³-hybridized carbons (Fsp3) is 0.917. The van der Waals surface area contributed by atoms with E-state index in [4.69, 9.17) is 18.0 Å². The minimum Gasteiger partial charge on any atom is -0.393 e. The zero-order valence-electron chi connectivity index (χ0n) is 10.8. The van der Waals surface area contributed by atoms with Crippen molar-refractivity contribution < 1.29 is 0 Å². The van der Waals surface area contributed by atoms with Gasteiger partial charge in [0.25, 0.3) is 0 Å². The van der Waals surface area contributed by atoms with Gasteiger partial charge in [-0.05, 0) is 39.4 Å². The van der Waals surface area contributed by atoms with Gasteiger partial charge < -0.3 is 15.5 Å². The molecule has 2 unspecified atom stereocenters. The second-order valence-corrected chi connectivity index (χ2v) is 5.61. The Kier molecular flexibility index (Phi) is 5.66. The number of nitrogens with two attached hydrogens (primary N) is 1. The largest absolute Gasteiger partial charge is 0.393 e. The van der Waals surface area contributed by atoms with Crippen LogP contribution in [-0.2, 0) is 0 Å². The van der Waals surface area contributed by atoms with Crippen LogP contribution in [0.3, 0.4) is 0 Å². The Morgan fingerprint density at radius 2 is 2.31 bits per heavy atom. The van der Waals surface area contributed by atoms with Crippen LogP contribution < -0.4 is 5.73 Å². The molecule has 1 rings (SSSR count). The van der Waals surface area contributed by atoms with Gasteiger partial charge in [-0.3, -0.25) is 0 Å². The topological polar surface area (TPSA) is 32.5 Å². The predicted molar refractivity (Wildman–Crippen MR) is 73.7 cm³/mol. The van der Waals surface area contributed by atoms with E-state index in [1.807, 2.05) is 0 Å². The summed E-state index contributed by atoms with van der Waals surface area (Å²) in [4.78, 5) is 5.48. The fourth-order valence-corrected chi connectivity index (χ4v) is 2.77. The van der Waals surface area contributed by atoms with Gasteiger partial charge in [0, 0.05) is 25.6 Å². The molecule has 0 aliphatic carbocycles. The number of thiocarbonyl (C=S) groups is 1. The quantitative estimate of drug-likeness (QED) is 0.713. The van der Waals surface area contributed by atoms with E-state index in [0.29, 0.717) is 11.0 Å². The first-order chi connectivity index (χ1) is 7.52. The van der Waals surface area contributed by atoms with Gasteiger partial charge in [0.2, 0.25) is 0 Å². The lowest BCUT2D eigenvalue weighted by Crippen LogP contribution is -2.38. The lowest BCUT2D eigenvalue weighted by atomic mass is 10.1. The molecule has 0 amide bonds. The first kappa shape index (κ1) is 13.9. The van der Waals surface area contributed by atoms with Gasteiger partial charge in [-0.1, -0.05) is 19.1 Å². The average molecular weight is 243 g/mol. The van der Waals surface area contributed by atoms with Crippen molar-refractivity contribution in [3.8, 4) is 0 Å². The van der Waals surface area contributed by atoms with Gasteiger partial charge in [-0.25, -0.2) is 0 Å². The number of nitrogens with zero attached hydrogens (tertiary/aromatic N) is 2. The third-order valence-electron chi connectivity index (χ3n) is 3.57. The summed E-state index contributed by atoms with van der Waals surface area (Å²) in [5, 5.41) is 0. The third kappa shape index (κ3) is 4.36. The second-order valence-electron chi connectivity index (χ2n) is 5.09. The smallest absolute Gasteiger partial charge is 0.0743 e. The van der Waals surface area contributed by atoms with Gasteiger partial charge in [0.1, 0.15) is 0 Å². The summed E-state index contributed by atoms with van der Waals surface area (Å²) in [5.74, 6) is 0.815. The highest BCUT2D eigenvalue weighted by molar-refractivity contribution is 7.80. The molecule has 1 heterocycles. The summed E-state index contributed by atoms with van der Waals surface area (Å²) in [7, 11) is 4.40. The molecule has 4 heteroatoms. The summed E-state index contributed by atoms with van der Waals surface area (Å²) in [6.45, 7) is 5.85. The average Bonchev–Trinajstić information content (AvgIpc) is 2.60. The van der Waals surface area contributed by atoms with E-state index in [-0.39, 0.29) is 0 Å². The monoisotopic (exact) mass is 243 g/mol. The molecule has 3 nitrogen and oxygen atoms in total. The molecular weight excluding hydrogens is 218 g/mol. The SMILES string of the molecule is CCC(CC(N)=S)N(C)CC1CCN(C)C1. The van der Waals surface area contributed by atoms with Gasteiger partial charge in [0.15, 0.2) is 0 Å². The summed E-state index contributed by atoms with van der Waals surface area (Å²) in [6, 6.07) is 0.517. The highest BCUT2D eigenvalue weighted by Gasteiger charge is 2.23. The van der Waals surface area contributed by atoms with Crippen LogP contribution in [0.4, 0.5) is 0 Å². The maximum atomic E-state index is 5.63. The van der Waals surface area contributed by atoms with Crippen molar-refractivity contribution in [1.29, 1.82) is 0 Å². The maximum absolute atomic E-state index is 5.63. The van der Waals surface area contributed by atoms with Crippen LogP contribution in [0.15, 0.2) is 0 Å². The Morgan fingerprint density at radius 1 is 1.62 bits per heavy atom. The van der Waals surface area contributed by atoms with E-state index in [2.05, 4.69) is 30.8 Å². The van der Waals surface area contributed by atoms with Gasteiger partial charge >= 0.3 is 0 Å². The molecule has 0 bridgehead atoms. The Balaban J connectivity index is 2.36. The minimum atomic E-state index is 0.517. The molecule has 94 valence electrons. The molecule has 0 aromatic carbocycles. The molecule has 1 aliphatic rings. The van der Waals surface area contributed by atoms with Gasteiger partial charge in [-0.15, -0.1) is 0 Å². The van der Waals surface area contributed by atoms with Crippen molar-refractivity contribution in [2.45, 2.75) is 32.2 Å². The Bertz CT molecular complexity index is 232. The van der Waals surface area contributed by atoms with Gasteiger partial charge in [0.05, 0.1) is 4.99 Å². The molecule has 2 N–H and O–H groups in total. The lowest BCUT2D eigenvalue weighted by Gasteiger charge is -2.29. The summed E-state index contributed by atoms with van der Waals surface area (Å²) >= 11 is 5.00. The summed E-state index contributed by atoms with van der Waals surface area (Å²) in [5.41, 5.74) is 5.63. The van der Waals surface area contributed by atoms with Crippen LogP contribution in [0.5, 0.6) is 0 Å². The van der Waals surface area contributed by atoms with Crippen LogP contribution in [0.1, 0.15) is 26.2 Å². The molecule has 1 fully saturated rings. The van der Waals surface area contributed by atoms with Crippen molar-refractivity contribution in [3.05, 3.63) is 0 Å². The van der Waals surface area contributed by atoms with Gasteiger partial charge in [-0.2, -0.15) is 0 Å². The first-order valence-electron chi connectivity index (χ1n) is 6.20. The Morgan fingerprint density at radius 3 is 2.75 bits per heavy atom. The minimum absolute atomic E-state index is 0.517. The summed E-state index contributed by atoms with van der Waals surface area (Å²) < 4.78 is 0. The van der Waals surface area contributed by atoms with E-state index in [9.17, 15) is 0 Å². The Hall–Kier alpha value is -0.190. The van der Waals surface area contributed by atoms with Crippen molar-refractivity contribution in [2.24, 2.45) is 11.7 Å². The van der Waals surface area contributed by atoms with Crippen molar-refractivity contribution in [3.63, 3.8) is 0 Å². The van der Waals surface area contributed by atoms with Crippen molar-refractivity contribution >= 4 is 17.2 Å². The fourth-order valence-electron chi connectivity index (χ4n) is 2.58. The first-order valence-corrected chi connectivity index (χ1v) is 6.60. The van der Waals surface area contributed by atoms with Crippen LogP contribution in [0.25, 0.3) is 0 Å². The van der Waals surface area contributed by atoms with E-state index in [1.54, 1.807) is 0 Å². The number of likely N-dealkylation sites (tertiary alicyclic amines) is 1. The van der Waals surface area contributed by atoms with Crippen LogP contribution in [-0.4, -0.2) is 54.6 Å². The van der Waals surface area contributed by atoms with E-state index in [0.717, 1.165) is 18.8 Å². The predicted octanol–water partition coefficient (Wildman–Crippen LogP) is 1.32. The standard InChI is InChI=1S/C12H25N3S/c1-4-11(7-12(13)16)15(3)9-10-5-6-14(2)8-10/h10-11H,4-9H2,1-3H3,(H2,13,16). The molecule has 1 saturated heterocycles. The molecule has 0 aromatic rings. The highest BCUT2D eigenvalue weighted by atomic mass is 32.1. The number of hydrogen-bond donors (Lipinski definition) is 1. The lowest BCUT2D eigenvalue weighted by molar-refractivity contribution is 0.205. The summed E-state index contributed by atoms with van der Waals surface area (Å²) in [6.07, 6.45) is 3.30. The zero-order chi connectivity index (χ0) is 12.1. The van der Waals surface area contributed by atoms with E-state index < -0.39 is 0 Å². The maximum Gasteiger partial charge on any atom is 0.0743 e. The third-order valence-corrected chi connectivity index (χ3v) is 3.73. The highest BCUT2D eigenvalue weighted by Crippen LogP contribution is 2.17. The molecule has 0 radical (unpaired) electrons.